The van der Waals surface area contributed by atoms with Gasteiger partial charge in [0.25, 0.3) is 9.05 Å². The molecule has 1 heterocycles. The van der Waals surface area contributed by atoms with Crippen LogP contribution in [0.1, 0.15) is 38.6 Å². The minimum atomic E-state index is -3.86. The molecule has 0 saturated carbocycles. The monoisotopic (exact) mass is 321 g/mol. The van der Waals surface area contributed by atoms with E-state index in [1.54, 1.807) is 6.92 Å². The predicted molar refractivity (Wildman–Crippen MR) is 77.3 cm³/mol. The lowest BCUT2D eigenvalue weighted by Gasteiger charge is -2.07. The second-order valence-electron chi connectivity index (χ2n) is 4.38. The molecule has 0 aliphatic heterocycles. The molecule has 0 saturated heterocycles. The topological polar surface area (TPSA) is 81.1 Å². The Morgan fingerprint density at radius 3 is 2.40 bits per heavy atom. The Balaban J connectivity index is 3.15. The van der Waals surface area contributed by atoms with Crippen LogP contribution in [0.25, 0.3) is 0 Å². The van der Waals surface area contributed by atoms with E-state index in [9.17, 15) is 13.2 Å². The molecule has 0 atom stereocenters. The van der Waals surface area contributed by atoms with E-state index in [0.717, 1.165) is 6.42 Å². The molecule has 1 rings (SSSR count). The lowest BCUT2D eigenvalue weighted by atomic mass is 10.2. The van der Waals surface area contributed by atoms with E-state index >= 15 is 0 Å². The highest BCUT2D eigenvalue weighted by atomic mass is 35.7. The maximum Gasteiger partial charge on any atom is 0.264 e. The van der Waals surface area contributed by atoms with Crippen molar-refractivity contribution >= 4 is 25.6 Å². The number of aryl methyl sites for hydroxylation is 1. The van der Waals surface area contributed by atoms with Gasteiger partial charge in [-0.25, -0.2) is 8.42 Å². The first-order valence-electron chi connectivity index (χ1n) is 6.64. The lowest BCUT2D eigenvalue weighted by molar-refractivity contribution is -0.121. The van der Waals surface area contributed by atoms with E-state index in [2.05, 4.69) is 10.4 Å². The Labute approximate surface area is 123 Å². The molecule has 0 radical (unpaired) electrons. The molecule has 0 fully saturated rings. The number of nitrogens with zero attached hydrogens (tertiary/aromatic N) is 2. The van der Waals surface area contributed by atoms with Crippen molar-refractivity contribution in [3.63, 3.8) is 0 Å². The summed E-state index contributed by atoms with van der Waals surface area (Å²) in [6.45, 7) is 6.15. The Kier molecular flexibility index (Phi) is 6.01. The number of halogens is 1. The van der Waals surface area contributed by atoms with E-state index in [0.29, 0.717) is 30.8 Å². The Hall–Kier alpha value is -1.08. The van der Waals surface area contributed by atoms with Crippen LogP contribution < -0.4 is 5.32 Å². The molecule has 20 heavy (non-hydrogen) atoms. The van der Waals surface area contributed by atoms with Crippen molar-refractivity contribution < 1.29 is 13.2 Å². The third-order valence-corrected chi connectivity index (χ3v) is 4.28. The van der Waals surface area contributed by atoms with E-state index in [4.69, 9.17) is 10.7 Å². The smallest absolute Gasteiger partial charge is 0.264 e. The number of aromatic nitrogens is 2. The third-order valence-electron chi connectivity index (χ3n) is 2.86. The van der Waals surface area contributed by atoms with E-state index in [1.807, 2.05) is 13.8 Å². The molecule has 6 nitrogen and oxygen atoms in total. The highest BCUT2D eigenvalue weighted by Crippen LogP contribution is 2.25. The number of hydrogen-bond donors (Lipinski definition) is 1. The quantitative estimate of drug-likeness (QED) is 0.771. The van der Waals surface area contributed by atoms with Crippen molar-refractivity contribution in [1.29, 1.82) is 0 Å². The van der Waals surface area contributed by atoms with Gasteiger partial charge in [0.2, 0.25) is 5.91 Å². The van der Waals surface area contributed by atoms with Crippen LogP contribution in [-0.4, -0.2) is 30.7 Å². The molecule has 0 aromatic carbocycles. The maximum atomic E-state index is 11.7. The number of nitrogens with one attached hydrogen (secondary N) is 1. The van der Waals surface area contributed by atoms with Gasteiger partial charge in [-0.3, -0.25) is 9.48 Å². The van der Waals surface area contributed by atoms with Crippen LogP contribution in [0, 0.1) is 0 Å². The average molecular weight is 322 g/mol. The zero-order chi connectivity index (χ0) is 15.3. The lowest BCUT2D eigenvalue weighted by Crippen LogP contribution is -2.29. The van der Waals surface area contributed by atoms with Crippen LogP contribution in [0.15, 0.2) is 4.90 Å². The summed E-state index contributed by atoms with van der Waals surface area (Å²) in [4.78, 5) is 11.8. The van der Waals surface area contributed by atoms with Crippen LogP contribution in [-0.2, 0) is 33.2 Å². The van der Waals surface area contributed by atoms with Gasteiger partial charge in [-0.05, 0) is 19.3 Å². The van der Waals surface area contributed by atoms with Crippen LogP contribution in [0.3, 0.4) is 0 Å². The summed E-state index contributed by atoms with van der Waals surface area (Å²) in [5.74, 6) is -0.190. The van der Waals surface area contributed by atoms with E-state index < -0.39 is 9.05 Å². The van der Waals surface area contributed by atoms with Gasteiger partial charge in [0.15, 0.2) is 0 Å². The molecular weight excluding hydrogens is 302 g/mol. The third kappa shape index (κ3) is 3.96. The molecule has 1 amide bonds. The van der Waals surface area contributed by atoms with Gasteiger partial charge in [0, 0.05) is 17.2 Å². The largest absolute Gasteiger partial charge is 0.355 e. The van der Waals surface area contributed by atoms with Crippen molar-refractivity contribution in [3.8, 4) is 0 Å². The van der Waals surface area contributed by atoms with Crippen LogP contribution >= 0.6 is 10.7 Å². The summed E-state index contributed by atoms with van der Waals surface area (Å²) >= 11 is 0. The van der Waals surface area contributed by atoms with Gasteiger partial charge < -0.3 is 5.32 Å². The predicted octanol–water partition coefficient (Wildman–Crippen LogP) is 1.46. The molecule has 114 valence electrons. The molecule has 8 heteroatoms. The van der Waals surface area contributed by atoms with Gasteiger partial charge in [-0.15, -0.1) is 0 Å². The fourth-order valence-electron chi connectivity index (χ4n) is 1.98. The average Bonchev–Trinajstić information content (AvgIpc) is 2.73. The van der Waals surface area contributed by atoms with E-state index in [1.165, 1.54) is 4.68 Å². The summed E-state index contributed by atoms with van der Waals surface area (Å²) in [6.07, 6.45) is 1.72. The van der Waals surface area contributed by atoms with E-state index in [-0.39, 0.29) is 17.3 Å². The molecule has 1 aromatic rings. The Bertz CT molecular complexity index is 581. The number of carbonyl (C=O) groups excluding carboxylic acids is 1. The van der Waals surface area contributed by atoms with Crippen LogP contribution in [0.4, 0.5) is 0 Å². The molecule has 0 spiro atoms. The second-order valence-corrected chi connectivity index (χ2v) is 6.88. The first-order chi connectivity index (χ1) is 9.35. The Morgan fingerprint density at radius 1 is 1.30 bits per heavy atom. The van der Waals surface area contributed by atoms with Gasteiger partial charge >= 0.3 is 0 Å². The van der Waals surface area contributed by atoms with Crippen LogP contribution in [0.2, 0.25) is 0 Å². The molecule has 1 aromatic heterocycles. The summed E-state index contributed by atoms with van der Waals surface area (Å²) in [5.41, 5.74) is 0.878. The number of carbonyl (C=O) groups is 1. The standard InChI is InChI=1S/C12H20ClN3O3S/c1-4-7-14-11(17)8-16-10(6-3)12(20(13,18)19)9(5-2)15-16/h4-8H2,1-3H3,(H,14,17). The molecular formula is C12H20ClN3O3S. The van der Waals surface area contributed by atoms with Gasteiger partial charge in [0.05, 0.1) is 11.4 Å². The SMILES string of the molecule is CCCNC(=O)Cn1nc(CC)c(S(=O)(=O)Cl)c1CC. The van der Waals surface area contributed by atoms with Crippen molar-refractivity contribution in [2.75, 3.05) is 6.54 Å². The summed E-state index contributed by atoms with van der Waals surface area (Å²) in [6, 6.07) is 0. The van der Waals surface area contributed by atoms with Crippen molar-refractivity contribution in [2.24, 2.45) is 0 Å². The number of amides is 1. The zero-order valence-electron chi connectivity index (χ0n) is 11.9. The van der Waals surface area contributed by atoms with Crippen LogP contribution in [0.5, 0.6) is 0 Å². The maximum absolute atomic E-state index is 11.7. The first kappa shape index (κ1) is 17.0. The molecule has 0 aliphatic carbocycles. The summed E-state index contributed by atoms with van der Waals surface area (Å²) in [5, 5.41) is 6.94. The van der Waals surface area contributed by atoms with Gasteiger partial charge in [0.1, 0.15) is 11.4 Å². The van der Waals surface area contributed by atoms with Crippen molar-refractivity contribution in [3.05, 3.63) is 11.4 Å². The molecule has 0 aliphatic rings. The van der Waals surface area contributed by atoms with Gasteiger partial charge in [-0.2, -0.15) is 5.10 Å². The fourth-order valence-corrected chi connectivity index (χ4v) is 3.51. The van der Waals surface area contributed by atoms with Crippen molar-refractivity contribution in [2.45, 2.75) is 51.5 Å². The number of hydrogen-bond acceptors (Lipinski definition) is 4. The molecule has 1 N–H and O–H groups in total. The highest BCUT2D eigenvalue weighted by Gasteiger charge is 2.25. The molecule has 0 unspecified atom stereocenters. The second kappa shape index (κ2) is 7.08. The normalized spacial score (nSPS) is 11.6. The van der Waals surface area contributed by atoms with Gasteiger partial charge in [-0.1, -0.05) is 20.8 Å². The molecule has 0 bridgehead atoms. The Morgan fingerprint density at radius 2 is 1.95 bits per heavy atom. The first-order valence-corrected chi connectivity index (χ1v) is 8.95. The minimum absolute atomic E-state index is 0.00256. The minimum Gasteiger partial charge on any atom is -0.355 e. The summed E-state index contributed by atoms with van der Waals surface area (Å²) < 4.78 is 24.8. The summed E-state index contributed by atoms with van der Waals surface area (Å²) in [7, 11) is 1.62. The fraction of sp³-hybridized carbons (Fsp3) is 0.667. The zero-order valence-corrected chi connectivity index (χ0v) is 13.5. The highest BCUT2D eigenvalue weighted by molar-refractivity contribution is 8.13. The number of rotatable bonds is 7. The van der Waals surface area contributed by atoms with Crippen molar-refractivity contribution in [1.82, 2.24) is 15.1 Å².